The Kier molecular flexibility index (Phi) is 3.47. The second-order valence-electron chi connectivity index (χ2n) is 2.28. The third-order valence-electron chi connectivity index (χ3n) is 1.32. The number of hydrogen-bond acceptors (Lipinski definition) is 3. The second-order valence-corrected chi connectivity index (χ2v) is 2.28. The minimum atomic E-state index is -0.496. The monoisotopic (exact) mass is 170 g/mol. The molecule has 2 N–H and O–H groups in total. The lowest BCUT2D eigenvalue weighted by Gasteiger charge is -2.02. The fraction of sp³-hybridized carbons (Fsp3) is 0.375. The summed E-state index contributed by atoms with van der Waals surface area (Å²) < 4.78 is 17.1. The summed E-state index contributed by atoms with van der Waals surface area (Å²) in [5, 5.41) is 0. The Hall–Kier alpha value is -1.16. The van der Waals surface area contributed by atoms with Crippen molar-refractivity contribution in [2.45, 2.75) is 6.67 Å². The van der Waals surface area contributed by atoms with Crippen LogP contribution < -0.4 is 10.5 Å². The van der Waals surface area contributed by atoms with Crippen LogP contribution in [0.4, 0.5) is 4.39 Å². The summed E-state index contributed by atoms with van der Waals surface area (Å²) in [6.07, 6.45) is 1.45. The number of rotatable bonds is 4. The normalized spacial score (nSPS) is 9.83. The van der Waals surface area contributed by atoms with Crippen LogP contribution in [-0.2, 0) is 6.67 Å². The minimum Gasteiger partial charge on any atom is -0.476 e. The molecule has 1 heterocycles. The SMILES string of the molecule is NCCOc1ccc(CF)cn1. The van der Waals surface area contributed by atoms with Gasteiger partial charge in [-0.2, -0.15) is 0 Å². The number of ether oxygens (including phenoxy) is 1. The lowest BCUT2D eigenvalue weighted by Crippen LogP contribution is -2.11. The van der Waals surface area contributed by atoms with E-state index in [0.29, 0.717) is 24.6 Å². The third-order valence-corrected chi connectivity index (χ3v) is 1.32. The highest BCUT2D eigenvalue weighted by Crippen LogP contribution is 2.07. The lowest BCUT2D eigenvalue weighted by molar-refractivity contribution is 0.315. The van der Waals surface area contributed by atoms with Crippen molar-refractivity contribution in [2.24, 2.45) is 5.73 Å². The van der Waals surface area contributed by atoms with E-state index >= 15 is 0 Å². The quantitative estimate of drug-likeness (QED) is 0.730. The molecule has 0 fully saturated rings. The zero-order valence-electron chi connectivity index (χ0n) is 6.66. The van der Waals surface area contributed by atoms with Crippen molar-refractivity contribution in [3.63, 3.8) is 0 Å². The molecule has 0 aromatic carbocycles. The fourth-order valence-electron chi connectivity index (χ4n) is 0.739. The summed E-state index contributed by atoms with van der Waals surface area (Å²) in [6, 6.07) is 3.27. The zero-order valence-corrected chi connectivity index (χ0v) is 6.66. The topological polar surface area (TPSA) is 48.1 Å². The molecule has 0 amide bonds. The molecule has 0 aliphatic rings. The largest absolute Gasteiger partial charge is 0.476 e. The molecule has 1 aromatic heterocycles. The molecule has 0 bridgehead atoms. The number of halogens is 1. The lowest BCUT2D eigenvalue weighted by atomic mass is 10.3. The summed E-state index contributed by atoms with van der Waals surface area (Å²) in [4.78, 5) is 3.87. The van der Waals surface area contributed by atoms with Gasteiger partial charge in [-0.25, -0.2) is 9.37 Å². The van der Waals surface area contributed by atoms with Gasteiger partial charge in [-0.3, -0.25) is 0 Å². The summed E-state index contributed by atoms with van der Waals surface area (Å²) in [5.74, 6) is 0.484. The molecule has 4 heteroatoms. The van der Waals surface area contributed by atoms with Gasteiger partial charge in [-0.1, -0.05) is 0 Å². The van der Waals surface area contributed by atoms with Crippen LogP contribution in [0.15, 0.2) is 18.3 Å². The Morgan fingerprint density at radius 3 is 2.83 bits per heavy atom. The first-order valence-electron chi connectivity index (χ1n) is 3.70. The number of alkyl halides is 1. The molecule has 0 unspecified atom stereocenters. The van der Waals surface area contributed by atoms with Gasteiger partial charge in [-0.05, 0) is 6.07 Å². The summed E-state index contributed by atoms with van der Waals surface area (Å²) >= 11 is 0. The van der Waals surface area contributed by atoms with E-state index in [9.17, 15) is 4.39 Å². The van der Waals surface area contributed by atoms with E-state index in [0.717, 1.165) is 0 Å². The Bertz CT molecular complexity index is 225. The Balaban J connectivity index is 2.53. The second kappa shape index (κ2) is 4.66. The Morgan fingerprint density at radius 2 is 2.33 bits per heavy atom. The van der Waals surface area contributed by atoms with Gasteiger partial charge in [0.25, 0.3) is 0 Å². The van der Waals surface area contributed by atoms with E-state index in [-0.39, 0.29) is 0 Å². The fourth-order valence-corrected chi connectivity index (χ4v) is 0.739. The van der Waals surface area contributed by atoms with Crippen LogP contribution in [0, 0.1) is 0 Å². The van der Waals surface area contributed by atoms with Crippen molar-refractivity contribution in [2.75, 3.05) is 13.2 Å². The average molecular weight is 170 g/mol. The van der Waals surface area contributed by atoms with Crippen LogP contribution in [0.2, 0.25) is 0 Å². The predicted molar refractivity (Wildman–Crippen MR) is 43.6 cm³/mol. The highest BCUT2D eigenvalue weighted by molar-refractivity contribution is 5.16. The molecular formula is C8H11FN2O. The van der Waals surface area contributed by atoms with Gasteiger partial charge in [0.2, 0.25) is 5.88 Å². The van der Waals surface area contributed by atoms with E-state index in [1.54, 1.807) is 12.1 Å². The smallest absolute Gasteiger partial charge is 0.213 e. The first-order valence-corrected chi connectivity index (χ1v) is 3.70. The van der Waals surface area contributed by atoms with Gasteiger partial charge in [0.1, 0.15) is 13.3 Å². The zero-order chi connectivity index (χ0) is 8.81. The molecule has 0 saturated heterocycles. The molecular weight excluding hydrogens is 159 g/mol. The van der Waals surface area contributed by atoms with Gasteiger partial charge in [-0.15, -0.1) is 0 Å². The molecule has 66 valence electrons. The van der Waals surface area contributed by atoms with Crippen LogP contribution in [0.5, 0.6) is 5.88 Å². The first kappa shape index (κ1) is 8.93. The molecule has 0 radical (unpaired) electrons. The van der Waals surface area contributed by atoms with Crippen molar-refractivity contribution in [1.29, 1.82) is 0 Å². The first-order chi connectivity index (χ1) is 5.86. The summed E-state index contributed by atoms with van der Waals surface area (Å²) in [5.41, 5.74) is 5.77. The number of hydrogen-bond donors (Lipinski definition) is 1. The maximum Gasteiger partial charge on any atom is 0.213 e. The molecule has 0 atom stereocenters. The van der Waals surface area contributed by atoms with E-state index in [1.807, 2.05) is 0 Å². The van der Waals surface area contributed by atoms with Gasteiger partial charge >= 0.3 is 0 Å². The van der Waals surface area contributed by atoms with Gasteiger partial charge in [0.15, 0.2) is 0 Å². The molecule has 0 spiro atoms. The number of pyridine rings is 1. The molecule has 1 rings (SSSR count). The van der Waals surface area contributed by atoms with Gasteiger partial charge in [0.05, 0.1) is 0 Å². The summed E-state index contributed by atoms with van der Waals surface area (Å²) in [6.45, 7) is 0.388. The predicted octanol–water partition coefficient (Wildman–Crippen LogP) is 0.889. The van der Waals surface area contributed by atoms with Crippen molar-refractivity contribution >= 4 is 0 Å². The van der Waals surface area contributed by atoms with Crippen LogP contribution in [0.25, 0.3) is 0 Å². The van der Waals surface area contributed by atoms with Gasteiger partial charge in [0, 0.05) is 24.4 Å². The minimum absolute atomic E-state index is 0.433. The highest BCUT2D eigenvalue weighted by atomic mass is 19.1. The van der Waals surface area contributed by atoms with Crippen LogP contribution in [-0.4, -0.2) is 18.1 Å². The Morgan fingerprint density at radius 1 is 1.50 bits per heavy atom. The number of aromatic nitrogens is 1. The highest BCUT2D eigenvalue weighted by Gasteiger charge is 1.94. The van der Waals surface area contributed by atoms with Crippen molar-refractivity contribution in [1.82, 2.24) is 4.98 Å². The van der Waals surface area contributed by atoms with E-state index in [4.69, 9.17) is 10.5 Å². The van der Waals surface area contributed by atoms with Crippen LogP contribution >= 0.6 is 0 Å². The molecule has 12 heavy (non-hydrogen) atoms. The maximum atomic E-state index is 12.0. The van der Waals surface area contributed by atoms with Crippen molar-refractivity contribution in [3.05, 3.63) is 23.9 Å². The standard InChI is InChI=1S/C8H11FN2O/c9-5-7-1-2-8(11-6-7)12-4-3-10/h1-2,6H,3-5,10H2. The molecule has 0 aliphatic carbocycles. The molecule has 1 aromatic rings. The summed E-state index contributed by atoms with van der Waals surface area (Å²) in [7, 11) is 0. The molecule has 3 nitrogen and oxygen atoms in total. The van der Waals surface area contributed by atoms with E-state index in [2.05, 4.69) is 4.98 Å². The third kappa shape index (κ3) is 2.47. The van der Waals surface area contributed by atoms with Crippen molar-refractivity contribution in [3.8, 4) is 5.88 Å². The average Bonchev–Trinajstić information content (AvgIpc) is 2.15. The molecule has 0 saturated carbocycles. The maximum absolute atomic E-state index is 12.0. The Labute approximate surface area is 70.4 Å². The van der Waals surface area contributed by atoms with Crippen LogP contribution in [0.1, 0.15) is 5.56 Å². The van der Waals surface area contributed by atoms with E-state index in [1.165, 1.54) is 6.20 Å². The number of nitrogens with two attached hydrogens (primary N) is 1. The number of nitrogens with zero attached hydrogens (tertiary/aromatic N) is 1. The van der Waals surface area contributed by atoms with E-state index < -0.39 is 6.67 Å². The van der Waals surface area contributed by atoms with Crippen molar-refractivity contribution < 1.29 is 9.13 Å². The van der Waals surface area contributed by atoms with Crippen LogP contribution in [0.3, 0.4) is 0 Å². The molecule has 0 aliphatic heterocycles. The van der Waals surface area contributed by atoms with Gasteiger partial charge < -0.3 is 10.5 Å².